The highest BCUT2D eigenvalue weighted by atomic mass is 32.2. The van der Waals surface area contributed by atoms with Crippen molar-refractivity contribution in [3.63, 3.8) is 0 Å². The molecule has 0 aliphatic carbocycles. The van der Waals surface area contributed by atoms with Gasteiger partial charge in [0.2, 0.25) is 10.0 Å². The number of sulfonamides is 1. The monoisotopic (exact) mass is 288 g/mol. The molecule has 1 heterocycles. The molecule has 1 unspecified atom stereocenters. The van der Waals surface area contributed by atoms with Crippen molar-refractivity contribution in [3.8, 4) is 0 Å². The zero-order chi connectivity index (χ0) is 14.5. The predicted molar refractivity (Wildman–Crippen MR) is 73.5 cm³/mol. The first-order valence-electron chi connectivity index (χ1n) is 5.76. The Morgan fingerprint density at radius 3 is 2.58 bits per heavy atom. The van der Waals surface area contributed by atoms with Crippen LogP contribution in [0.1, 0.15) is 0 Å². The van der Waals surface area contributed by atoms with Crippen LogP contribution in [0.25, 0.3) is 0 Å². The lowest BCUT2D eigenvalue weighted by atomic mass is 10.3. The quantitative estimate of drug-likeness (QED) is 0.716. The maximum absolute atomic E-state index is 11.8. The van der Waals surface area contributed by atoms with Gasteiger partial charge >= 0.3 is 0 Å². The number of nitrogens with zero attached hydrogens (tertiary/aromatic N) is 2. The molecule has 1 rings (SSSR count). The molecule has 19 heavy (non-hydrogen) atoms. The number of nitrogens with one attached hydrogen (secondary N) is 1. The summed E-state index contributed by atoms with van der Waals surface area (Å²) in [6, 6.07) is 3.05. The number of rotatable bonds is 7. The fraction of sp³-hybridized carbons (Fsp3) is 0.545. The topological polar surface area (TPSA) is 97.5 Å². The molecular weight excluding hydrogens is 268 g/mol. The summed E-state index contributed by atoms with van der Waals surface area (Å²) in [5, 5.41) is 3.07. The van der Waals surface area contributed by atoms with Crippen molar-refractivity contribution in [2.45, 2.75) is 10.9 Å². The van der Waals surface area contributed by atoms with Crippen LogP contribution in [0.15, 0.2) is 23.2 Å². The smallest absolute Gasteiger partial charge is 0.244 e. The third-order valence-electron chi connectivity index (χ3n) is 2.52. The highest BCUT2D eigenvalue weighted by Gasteiger charge is 2.17. The molecule has 1 atom stereocenters. The van der Waals surface area contributed by atoms with Crippen molar-refractivity contribution >= 4 is 15.8 Å². The summed E-state index contributed by atoms with van der Waals surface area (Å²) in [7, 11) is 1.10. The summed E-state index contributed by atoms with van der Waals surface area (Å²) in [5.41, 5.74) is 5.57. The lowest BCUT2D eigenvalue weighted by Gasteiger charge is -2.17. The normalized spacial score (nSPS) is 13.5. The van der Waals surface area contributed by atoms with Crippen LogP contribution in [0.2, 0.25) is 0 Å². The summed E-state index contributed by atoms with van der Waals surface area (Å²) in [6.45, 7) is 0.850. The van der Waals surface area contributed by atoms with E-state index in [0.29, 0.717) is 19.0 Å². The molecule has 0 bridgehead atoms. The molecular formula is C11H20N4O3S. The average molecular weight is 288 g/mol. The third kappa shape index (κ3) is 4.13. The molecule has 0 radical (unpaired) electrons. The molecule has 0 fully saturated rings. The maximum Gasteiger partial charge on any atom is 0.244 e. The Labute approximate surface area is 113 Å². The fourth-order valence-corrected chi connectivity index (χ4v) is 2.26. The van der Waals surface area contributed by atoms with Gasteiger partial charge in [-0.05, 0) is 12.1 Å². The standard InChI is InChI=1S/C11H20N4O3S/c1-15(2)19(16,17)10-4-5-11(13-7-10)14-9(6-12)8-18-3/h4-5,7,9H,6,8,12H2,1-3H3,(H,13,14). The van der Waals surface area contributed by atoms with Crippen molar-refractivity contribution < 1.29 is 13.2 Å². The number of nitrogens with two attached hydrogens (primary N) is 1. The number of hydrogen-bond donors (Lipinski definition) is 2. The minimum atomic E-state index is -3.44. The predicted octanol–water partition coefficient (Wildman–Crippen LogP) is -0.282. The molecule has 1 aromatic rings. The Morgan fingerprint density at radius 1 is 1.47 bits per heavy atom. The highest BCUT2D eigenvalue weighted by Crippen LogP contribution is 2.14. The van der Waals surface area contributed by atoms with Gasteiger partial charge < -0.3 is 15.8 Å². The van der Waals surface area contributed by atoms with E-state index in [0.717, 1.165) is 4.31 Å². The van der Waals surface area contributed by atoms with Crippen molar-refractivity contribution in [2.24, 2.45) is 5.73 Å². The van der Waals surface area contributed by atoms with Gasteiger partial charge in [0, 0.05) is 33.9 Å². The van der Waals surface area contributed by atoms with Gasteiger partial charge in [-0.2, -0.15) is 0 Å². The number of pyridine rings is 1. The molecule has 0 amide bonds. The van der Waals surface area contributed by atoms with E-state index in [9.17, 15) is 8.42 Å². The van der Waals surface area contributed by atoms with Crippen LogP contribution < -0.4 is 11.1 Å². The van der Waals surface area contributed by atoms with E-state index in [1.54, 1.807) is 13.2 Å². The second-order valence-corrected chi connectivity index (χ2v) is 6.35. The van der Waals surface area contributed by atoms with Crippen LogP contribution in [0.4, 0.5) is 5.82 Å². The Kier molecular flexibility index (Phi) is 5.67. The summed E-state index contributed by atoms with van der Waals surface area (Å²) in [5.74, 6) is 0.560. The van der Waals surface area contributed by atoms with Gasteiger partial charge in [0.15, 0.2) is 0 Å². The molecule has 8 heteroatoms. The Morgan fingerprint density at radius 2 is 2.16 bits per heavy atom. The third-order valence-corrected chi connectivity index (χ3v) is 4.32. The zero-order valence-corrected chi connectivity index (χ0v) is 12.1. The Bertz CT molecular complexity index is 487. The number of anilines is 1. The van der Waals surface area contributed by atoms with E-state index in [4.69, 9.17) is 10.5 Å². The molecule has 3 N–H and O–H groups in total. The highest BCUT2D eigenvalue weighted by molar-refractivity contribution is 7.89. The molecule has 0 saturated carbocycles. The second-order valence-electron chi connectivity index (χ2n) is 4.20. The van der Waals surface area contributed by atoms with Crippen molar-refractivity contribution in [3.05, 3.63) is 18.3 Å². The molecule has 0 spiro atoms. The van der Waals surface area contributed by atoms with E-state index >= 15 is 0 Å². The van der Waals surface area contributed by atoms with Gasteiger partial charge in [0.05, 0.1) is 12.6 Å². The molecule has 1 aromatic heterocycles. The van der Waals surface area contributed by atoms with Crippen molar-refractivity contribution in [1.29, 1.82) is 0 Å². The van der Waals surface area contributed by atoms with Crippen molar-refractivity contribution in [1.82, 2.24) is 9.29 Å². The first-order chi connectivity index (χ1) is 8.91. The van der Waals surface area contributed by atoms with Gasteiger partial charge in [-0.1, -0.05) is 0 Å². The van der Waals surface area contributed by atoms with Gasteiger partial charge in [-0.3, -0.25) is 0 Å². The van der Waals surface area contributed by atoms with Crippen molar-refractivity contribution in [2.75, 3.05) is 39.7 Å². The van der Waals surface area contributed by atoms with Crippen LogP contribution in [0.3, 0.4) is 0 Å². The first kappa shape index (κ1) is 15.8. The van der Waals surface area contributed by atoms with E-state index in [1.165, 1.54) is 26.4 Å². The molecule has 108 valence electrons. The van der Waals surface area contributed by atoms with Gasteiger partial charge in [-0.15, -0.1) is 0 Å². The number of aromatic nitrogens is 1. The lowest BCUT2D eigenvalue weighted by Crippen LogP contribution is -2.33. The van der Waals surface area contributed by atoms with Crippen LogP contribution >= 0.6 is 0 Å². The summed E-state index contributed by atoms with van der Waals surface area (Å²) in [4.78, 5) is 4.22. The SMILES string of the molecule is COCC(CN)Nc1ccc(S(=O)(=O)N(C)C)cn1. The number of methoxy groups -OCH3 is 1. The molecule has 7 nitrogen and oxygen atoms in total. The van der Waals surface area contributed by atoms with Crippen LogP contribution in [-0.4, -0.2) is 58.1 Å². The largest absolute Gasteiger partial charge is 0.383 e. The molecule has 0 aromatic carbocycles. The minimum absolute atomic E-state index is 0.0613. The molecule has 0 aliphatic heterocycles. The van der Waals surface area contributed by atoms with Gasteiger partial charge in [-0.25, -0.2) is 17.7 Å². The Hall–Kier alpha value is -1.22. The van der Waals surface area contributed by atoms with E-state index in [-0.39, 0.29) is 10.9 Å². The summed E-state index contributed by atoms with van der Waals surface area (Å²) >= 11 is 0. The van der Waals surface area contributed by atoms with E-state index in [2.05, 4.69) is 10.3 Å². The first-order valence-corrected chi connectivity index (χ1v) is 7.20. The zero-order valence-electron chi connectivity index (χ0n) is 11.3. The number of ether oxygens (including phenoxy) is 1. The van der Waals surface area contributed by atoms with Gasteiger partial charge in [0.1, 0.15) is 10.7 Å². The van der Waals surface area contributed by atoms with Gasteiger partial charge in [0.25, 0.3) is 0 Å². The summed E-state index contributed by atoms with van der Waals surface area (Å²) < 4.78 is 29.8. The maximum atomic E-state index is 11.8. The van der Waals surface area contributed by atoms with Crippen LogP contribution in [0, 0.1) is 0 Å². The molecule has 0 aliphatic rings. The van der Waals surface area contributed by atoms with E-state index in [1.807, 2.05) is 0 Å². The minimum Gasteiger partial charge on any atom is -0.383 e. The lowest BCUT2D eigenvalue weighted by molar-refractivity contribution is 0.187. The van der Waals surface area contributed by atoms with Crippen LogP contribution in [-0.2, 0) is 14.8 Å². The van der Waals surface area contributed by atoms with Crippen LogP contribution in [0.5, 0.6) is 0 Å². The Balaban J connectivity index is 2.82. The number of hydrogen-bond acceptors (Lipinski definition) is 6. The summed E-state index contributed by atoms with van der Waals surface area (Å²) in [6.07, 6.45) is 1.32. The average Bonchev–Trinajstić information content (AvgIpc) is 2.38. The molecule has 0 saturated heterocycles. The van der Waals surface area contributed by atoms with E-state index < -0.39 is 10.0 Å². The fourth-order valence-electron chi connectivity index (χ4n) is 1.41. The second kappa shape index (κ2) is 6.80.